The molecule has 5 heteroatoms. The van der Waals surface area contributed by atoms with Crippen LogP contribution in [-0.2, 0) is 0 Å². The molecule has 3 rings (SSSR count). The topological polar surface area (TPSA) is 57.8 Å². The summed E-state index contributed by atoms with van der Waals surface area (Å²) in [6.07, 6.45) is 4.20. The van der Waals surface area contributed by atoms with Crippen LogP contribution in [0.2, 0.25) is 0 Å². The quantitative estimate of drug-likeness (QED) is 0.813. The number of imidazole rings is 1. The molecule has 1 atom stereocenters. The van der Waals surface area contributed by atoms with Crippen molar-refractivity contribution in [2.45, 2.75) is 18.9 Å². The molecule has 1 unspecified atom stereocenters. The lowest BCUT2D eigenvalue weighted by Gasteiger charge is -2.17. The van der Waals surface area contributed by atoms with Gasteiger partial charge in [0.15, 0.2) is 0 Å². The standard InChI is InChI=1S/C13H15N3O2/c1-13(18)5-7-16(9-13)12(17)10-8-15-6-3-2-4-11(15)14-10/h2-4,6,8,18H,5,7,9H2,1H3. The number of aliphatic hydroxyl groups is 1. The van der Waals surface area contributed by atoms with Gasteiger partial charge in [-0.15, -0.1) is 0 Å². The Labute approximate surface area is 105 Å². The van der Waals surface area contributed by atoms with Gasteiger partial charge >= 0.3 is 0 Å². The van der Waals surface area contributed by atoms with Crippen LogP contribution in [-0.4, -0.2) is 44.0 Å². The first-order chi connectivity index (χ1) is 8.55. The Morgan fingerprint density at radius 3 is 3.00 bits per heavy atom. The average Bonchev–Trinajstić information content (AvgIpc) is 2.91. The third-order valence-corrected chi connectivity index (χ3v) is 3.32. The van der Waals surface area contributed by atoms with Crippen molar-refractivity contribution in [2.75, 3.05) is 13.1 Å². The van der Waals surface area contributed by atoms with E-state index in [2.05, 4.69) is 4.98 Å². The van der Waals surface area contributed by atoms with E-state index in [4.69, 9.17) is 0 Å². The molecule has 1 aliphatic heterocycles. The SMILES string of the molecule is CC1(O)CCN(C(=O)c2cn3ccccc3n2)C1. The minimum Gasteiger partial charge on any atom is -0.388 e. The molecule has 0 radical (unpaired) electrons. The molecule has 0 saturated carbocycles. The molecule has 94 valence electrons. The normalized spacial score (nSPS) is 23.8. The van der Waals surface area contributed by atoms with Crippen LogP contribution in [0.25, 0.3) is 5.65 Å². The van der Waals surface area contributed by atoms with Crippen LogP contribution in [0.4, 0.5) is 0 Å². The number of nitrogens with zero attached hydrogens (tertiary/aromatic N) is 3. The van der Waals surface area contributed by atoms with Crippen LogP contribution < -0.4 is 0 Å². The summed E-state index contributed by atoms with van der Waals surface area (Å²) in [5.41, 5.74) is 0.417. The zero-order chi connectivity index (χ0) is 12.8. The fourth-order valence-electron chi connectivity index (χ4n) is 2.32. The van der Waals surface area contributed by atoms with Crippen molar-refractivity contribution < 1.29 is 9.90 Å². The largest absolute Gasteiger partial charge is 0.388 e. The highest BCUT2D eigenvalue weighted by Crippen LogP contribution is 2.21. The summed E-state index contributed by atoms with van der Waals surface area (Å²) in [6, 6.07) is 5.64. The van der Waals surface area contributed by atoms with Crippen molar-refractivity contribution in [2.24, 2.45) is 0 Å². The van der Waals surface area contributed by atoms with Crippen molar-refractivity contribution in [3.63, 3.8) is 0 Å². The fourth-order valence-corrected chi connectivity index (χ4v) is 2.32. The summed E-state index contributed by atoms with van der Waals surface area (Å²) >= 11 is 0. The first-order valence-electron chi connectivity index (χ1n) is 6.01. The van der Waals surface area contributed by atoms with E-state index in [9.17, 15) is 9.90 Å². The van der Waals surface area contributed by atoms with Gasteiger partial charge in [0.25, 0.3) is 5.91 Å². The Kier molecular flexibility index (Phi) is 2.38. The first-order valence-corrected chi connectivity index (χ1v) is 6.01. The van der Waals surface area contributed by atoms with Gasteiger partial charge in [-0.1, -0.05) is 6.07 Å². The Morgan fingerprint density at radius 1 is 1.50 bits per heavy atom. The van der Waals surface area contributed by atoms with E-state index < -0.39 is 5.60 Å². The smallest absolute Gasteiger partial charge is 0.274 e. The molecule has 1 amide bonds. The van der Waals surface area contributed by atoms with Crippen molar-refractivity contribution in [1.29, 1.82) is 0 Å². The molecule has 1 saturated heterocycles. The van der Waals surface area contributed by atoms with Gasteiger partial charge in [0, 0.05) is 25.5 Å². The maximum absolute atomic E-state index is 12.2. The van der Waals surface area contributed by atoms with Crippen LogP contribution >= 0.6 is 0 Å². The van der Waals surface area contributed by atoms with Gasteiger partial charge in [0.05, 0.1) is 5.60 Å². The molecular weight excluding hydrogens is 230 g/mol. The number of aromatic nitrogens is 2. The minimum atomic E-state index is -0.769. The minimum absolute atomic E-state index is 0.114. The molecular formula is C13H15N3O2. The molecule has 0 aliphatic carbocycles. The Balaban J connectivity index is 1.88. The predicted molar refractivity (Wildman–Crippen MR) is 66.3 cm³/mol. The van der Waals surface area contributed by atoms with Gasteiger partial charge in [-0.2, -0.15) is 0 Å². The summed E-state index contributed by atoms with van der Waals surface area (Å²) in [7, 11) is 0. The number of carbonyl (C=O) groups excluding carboxylic acids is 1. The van der Waals surface area contributed by atoms with E-state index in [-0.39, 0.29) is 5.91 Å². The van der Waals surface area contributed by atoms with E-state index in [1.54, 1.807) is 18.0 Å². The van der Waals surface area contributed by atoms with Gasteiger partial charge in [-0.05, 0) is 25.5 Å². The van der Waals surface area contributed by atoms with Crippen molar-refractivity contribution >= 4 is 11.6 Å². The highest BCUT2D eigenvalue weighted by atomic mass is 16.3. The molecule has 1 aliphatic rings. The number of hydrogen-bond donors (Lipinski definition) is 1. The predicted octanol–water partition coefficient (Wildman–Crippen LogP) is 0.931. The van der Waals surface area contributed by atoms with Crippen molar-refractivity contribution in [3.05, 3.63) is 36.3 Å². The monoisotopic (exact) mass is 245 g/mol. The van der Waals surface area contributed by atoms with Crippen LogP contribution in [0.5, 0.6) is 0 Å². The average molecular weight is 245 g/mol. The lowest BCUT2D eigenvalue weighted by atomic mass is 10.1. The molecule has 0 spiro atoms. The second-order valence-electron chi connectivity index (χ2n) is 5.07. The maximum atomic E-state index is 12.2. The number of β-amino-alcohol motifs (C(OH)–C–C–N with tert-alkyl or cyclic N) is 1. The summed E-state index contributed by atoms with van der Waals surface area (Å²) in [6.45, 7) is 2.71. The second-order valence-corrected chi connectivity index (χ2v) is 5.07. The zero-order valence-electron chi connectivity index (χ0n) is 10.2. The molecule has 3 heterocycles. The third-order valence-electron chi connectivity index (χ3n) is 3.32. The molecule has 5 nitrogen and oxygen atoms in total. The lowest BCUT2D eigenvalue weighted by molar-refractivity contribution is 0.0569. The second kappa shape index (κ2) is 3.81. The number of pyridine rings is 1. The molecule has 0 bridgehead atoms. The van der Waals surface area contributed by atoms with Crippen LogP contribution in [0, 0.1) is 0 Å². The van der Waals surface area contributed by atoms with E-state index in [1.165, 1.54) is 0 Å². The van der Waals surface area contributed by atoms with E-state index in [1.807, 2.05) is 28.8 Å². The van der Waals surface area contributed by atoms with Crippen LogP contribution in [0.1, 0.15) is 23.8 Å². The Morgan fingerprint density at radius 2 is 2.33 bits per heavy atom. The Hall–Kier alpha value is -1.88. The van der Waals surface area contributed by atoms with E-state index in [0.29, 0.717) is 25.2 Å². The maximum Gasteiger partial charge on any atom is 0.274 e. The highest BCUT2D eigenvalue weighted by molar-refractivity contribution is 5.93. The van der Waals surface area contributed by atoms with Crippen molar-refractivity contribution in [1.82, 2.24) is 14.3 Å². The van der Waals surface area contributed by atoms with E-state index in [0.717, 1.165) is 5.65 Å². The Bertz CT molecular complexity index is 570. The summed E-state index contributed by atoms with van der Waals surface area (Å²) in [4.78, 5) is 18.2. The van der Waals surface area contributed by atoms with Crippen LogP contribution in [0.3, 0.4) is 0 Å². The fraction of sp³-hybridized carbons (Fsp3) is 0.385. The van der Waals surface area contributed by atoms with Gasteiger partial charge in [0.1, 0.15) is 11.3 Å². The van der Waals surface area contributed by atoms with Gasteiger partial charge in [0.2, 0.25) is 0 Å². The molecule has 1 fully saturated rings. The number of rotatable bonds is 1. The summed E-state index contributed by atoms with van der Waals surface area (Å²) in [5.74, 6) is -0.114. The summed E-state index contributed by atoms with van der Waals surface area (Å²) < 4.78 is 1.82. The molecule has 0 aromatic carbocycles. The zero-order valence-corrected chi connectivity index (χ0v) is 10.2. The first kappa shape index (κ1) is 11.2. The third kappa shape index (κ3) is 1.86. The number of carbonyl (C=O) groups is 1. The number of fused-ring (bicyclic) bond motifs is 1. The number of likely N-dealkylation sites (tertiary alicyclic amines) is 1. The number of amides is 1. The van der Waals surface area contributed by atoms with Gasteiger partial charge < -0.3 is 14.4 Å². The summed E-state index contributed by atoms with van der Waals surface area (Å²) in [5, 5.41) is 9.88. The van der Waals surface area contributed by atoms with Gasteiger partial charge in [-0.3, -0.25) is 4.79 Å². The molecule has 18 heavy (non-hydrogen) atoms. The van der Waals surface area contributed by atoms with E-state index >= 15 is 0 Å². The van der Waals surface area contributed by atoms with Crippen molar-refractivity contribution in [3.8, 4) is 0 Å². The highest BCUT2D eigenvalue weighted by Gasteiger charge is 2.34. The lowest BCUT2D eigenvalue weighted by Crippen LogP contribution is -2.34. The van der Waals surface area contributed by atoms with Gasteiger partial charge in [-0.25, -0.2) is 4.98 Å². The number of hydrogen-bond acceptors (Lipinski definition) is 3. The molecule has 1 N–H and O–H groups in total. The molecule has 2 aromatic rings. The molecule has 2 aromatic heterocycles. The van der Waals surface area contributed by atoms with Crippen LogP contribution in [0.15, 0.2) is 30.6 Å².